The van der Waals surface area contributed by atoms with Crippen molar-refractivity contribution >= 4 is 11.0 Å². The van der Waals surface area contributed by atoms with Crippen molar-refractivity contribution in [2.45, 2.75) is 19.3 Å². The van der Waals surface area contributed by atoms with Gasteiger partial charge in [0.25, 0.3) is 0 Å². The van der Waals surface area contributed by atoms with Gasteiger partial charge in [0.15, 0.2) is 0 Å². The number of rotatable bonds is 5. The van der Waals surface area contributed by atoms with Crippen LogP contribution in [0.5, 0.6) is 5.75 Å². The standard InChI is InChI=1S/C14H19N3O/c1-2-9-17(8-1)10-3-11-18-13-5-7-16-14-12(13)4-6-15-14/h4-7H,1-3,8-11H2,(H,15,16). The lowest BCUT2D eigenvalue weighted by molar-refractivity contribution is 0.265. The third kappa shape index (κ3) is 2.48. The second-order valence-electron chi connectivity index (χ2n) is 4.80. The first-order valence-electron chi connectivity index (χ1n) is 6.71. The Hall–Kier alpha value is -1.55. The molecule has 3 rings (SSSR count). The minimum Gasteiger partial charge on any atom is -0.493 e. The Labute approximate surface area is 107 Å². The number of aromatic amines is 1. The minimum atomic E-state index is 0.779. The van der Waals surface area contributed by atoms with Crippen molar-refractivity contribution in [1.29, 1.82) is 0 Å². The average molecular weight is 245 g/mol. The van der Waals surface area contributed by atoms with Crippen LogP contribution >= 0.6 is 0 Å². The molecule has 0 unspecified atom stereocenters. The number of H-pyrrole nitrogens is 1. The summed E-state index contributed by atoms with van der Waals surface area (Å²) in [5.41, 5.74) is 0.895. The summed E-state index contributed by atoms with van der Waals surface area (Å²) in [6, 6.07) is 3.95. The van der Waals surface area contributed by atoms with E-state index in [0.717, 1.165) is 36.4 Å². The molecule has 1 saturated heterocycles. The van der Waals surface area contributed by atoms with Crippen molar-refractivity contribution in [1.82, 2.24) is 14.9 Å². The van der Waals surface area contributed by atoms with Gasteiger partial charge in [0.05, 0.1) is 12.0 Å². The maximum atomic E-state index is 5.85. The van der Waals surface area contributed by atoms with Crippen LogP contribution in [-0.2, 0) is 0 Å². The highest BCUT2D eigenvalue weighted by Gasteiger charge is 2.10. The summed E-state index contributed by atoms with van der Waals surface area (Å²) < 4.78 is 5.85. The largest absolute Gasteiger partial charge is 0.493 e. The molecule has 1 aliphatic rings. The fourth-order valence-electron chi connectivity index (χ4n) is 2.54. The number of aromatic nitrogens is 2. The van der Waals surface area contributed by atoms with Gasteiger partial charge < -0.3 is 14.6 Å². The average Bonchev–Trinajstić information content (AvgIpc) is 3.05. The van der Waals surface area contributed by atoms with Gasteiger partial charge in [0.2, 0.25) is 0 Å². The van der Waals surface area contributed by atoms with Crippen molar-refractivity contribution in [2.75, 3.05) is 26.2 Å². The van der Waals surface area contributed by atoms with Gasteiger partial charge in [0, 0.05) is 18.9 Å². The molecule has 2 aromatic heterocycles. The number of hydrogen-bond acceptors (Lipinski definition) is 3. The summed E-state index contributed by atoms with van der Waals surface area (Å²) in [5.74, 6) is 0.933. The first-order valence-corrected chi connectivity index (χ1v) is 6.71. The summed E-state index contributed by atoms with van der Waals surface area (Å²) in [4.78, 5) is 9.86. The highest BCUT2D eigenvalue weighted by molar-refractivity contribution is 5.82. The molecule has 1 N–H and O–H groups in total. The van der Waals surface area contributed by atoms with E-state index < -0.39 is 0 Å². The first-order chi connectivity index (χ1) is 8.93. The molecule has 0 amide bonds. The van der Waals surface area contributed by atoms with Gasteiger partial charge in [-0.1, -0.05) is 0 Å². The van der Waals surface area contributed by atoms with E-state index in [4.69, 9.17) is 4.74 Å². The number of ether oxygens (including phenoxy) is 1. The fraction of sp³-hybridized carbons (Fsp3) is 0.500. The Balaban J connectivity index is 1.51. The van der Waals surface area contributed by atoms with Gasteiger partial charge in [-0.2, -0.15) is 0 Å². The molecule has 0 saturated carbocycles. The lowest BCUT2D eigenvalue weighted by Gasteiger charge is -2.14. The molecule has 1 fully saturated rings. The van der Waals surface area contributed by atoms with Crippen molar-refractivity contribution in [3.63, 3.8) is 0 Å². The van der Waals surface area contributed by atoms with Crippen LogP contribution in [0.25, 0.3) is 11.0 Å². The quantitative estimate of drug-likeness (QED) is 0.822. The first kappa shape index (κ1) is 11.5. The molecule has 4 heteroatoms. The smallest absolute Gasteiger partial charge is 0.140 e. The van der Waals surface area contributed by atoms with E-state index in [1.807, 2.05) is 18.3 Å². The molecular weight excluding hydrogens is 226 g/mol. The maximum absolute atomic E-state index is 5.85. The molecule has 0 aromatic carbocycles. The van der Waals surface area contributed by atoms with Gasteiger partial charge in [-0.25, -0.2) is 4.98 Å². The van der Waals surface area contributed by atoms with Gasteiger partial charge in [-0.05, 0) is 44.5 Å². The molecule has 96 valence electrons. The summed E-state index contributed by atoms with van der Waals surface area (Å²) in [6.45, 7) is 4.46. The zero-order valence-corrected chi connectivity index (χ0v) is 10.6. The fourth-order valence-corrected chi connectivity index (χ4v) is 2.54. The molecule has 3 heterocycles. The lowest BCUT2D eigenvalue weighted by atomic mass is 10.3. The second-order valence-corrected chi connectivity index (χ2v) is 4.80. The van der Waals surface area contributed by atoms with E-state index in [1.165, 1.54) is 25.9 Å². The molecule has 0 spiro atoms. The highest BCUT2D eigenvalue weighted by Crippen LogP contribution is 2.22. The molecule has 0 radical (unpaired) electrons. The SMILES string of the molecule is c1cc(OCCCN2CCCC2)c2cc[nH]c2n1. The highest BCUT2D eigenvalue weighted by atomic mass is 16.5. The molecule has 0 aliphatic carbocycles. The zero-order chi connectivity index (χ0) is 12.2. The maximum Gasteiger partial charge on any atom is 0.140 e. The van der Waals surface area contributed by atoms with Crippen molar-refractivity contribution < 1.29 is 4.74 Å². The van der Waals surface area contributed by atoms with Crippen LogP contribution in [-0.4, -0.2) is 41.1 Å². The van der Waals surface area contributed by atoms with Gasteiger partial charge in [0.1, 0.15) is 11.4 Å². The van der Waals surface area contributed by atoms with Crippen LogP contribution in [0, 0.1) is 0 Å². The zero-order valence-electron chi connectivity index (χ0n) is 10.6. The van der Waals surface area contributed by atoms with E-state index in [9.17, 15) is 0 Å². The number of fused-ring (bicyclic) bond motifs is 1. The Morgan fingerprint density at radius 2 is 2.17 bits per heavy atom. The van der Waals surface area contributed by atoms with E-state index >= 15 is 0 Å². The second kappa shape index (κ2) is 5.40. The topological polar surface area (TPSA) is 41.1 Å². The summed E-state index contributed by atoms with van der Waals surface area (Å²) in [7, 11) is 0. The molecule has 0 atom stereocenters. The number of likely N-dealkylation sites (tertiary alicyclic amines) is 1. The summed E-state index contributed by atoms with van der Waals surface area (Å²) in [5, 5.41) is 1.07. The predicted molar refractivity (Wildman–Crippen MR) is 71.9 cm³/mol. The summed E-state index contributed by atoms with van der Waals surface area (Å²) in [6.07, 6.45) is 7.49. The Morgan fingerprint density at radius 1 is 1.28 bits per heavy atom. The van der Waals surface area contributed by atoms with Gasteiger partial charge >= 0.3 is 0 Å². The molecule has 0 bridgehead atoms. The van der Waals surface area contributed by atoms with E-state index in [1.54, 1.807) is 6.20 Å². The lowest BCUT2D eigenvalue weighted by Crippen LogP contribution is -2.21. The third-order valence-corrected chi connectivity index (χ3v) is 3.50. The minimum absolute atomic E-state index is 0.779. The molecule has 1 aliphatic heterocycles. The van der Waals surface area contributed by atoms with E-state index in [2.05, 4.69) is 14.9 Å². The molecule has 4 nitrogen and oxygen atoms in total. The van der Waals surface area contributed by atoms with Crippen molar-refractivity contribution in [2.24, 2.45) is 0 Å². The number of pyridine rings is 1. The van der Waals surface area contributed by atoms with Gasteiger partial charge in [-0.3, -0.25) is 0 Å². The third-order valence-electron chi connectivity index (χ3n) is 3.50. The van der Waals surface area contributed by atoms with E-state index in [-0.39, 0.29) is 0 Å². The number of hydrogen-bond donors (Lipinski definition) is 1. The normalized spacial score (nSPS) is 16.4. The van der Waals surface area contributed by atoms with Crippen molar-refractivity contribution in [3.05, 3.63) is 24.5 Å². The summed E-state index contributed by atoms with van der Waals surface area (Å²) >= 11 is 0. The monoisotopic (exact) mass is 245 g/mol. The number of nitrogens with zero attached hydrogens (tertiary/aromatic N) is 2. The molecule has 2 aromatic rings. The van der Waals surface area contributed by atoms with Crippen LogP contribution < -0.4 is 4.74 Å². The molecule has 18 heavy (non-hydrogen) atoms. The van der Waals surface area contributed by atoms with Crippen LogP contribution in [0.15, 0.2) is 24.5 Å². The van der Waals surface area contributed by atoms with Crippen LogP contribution in [0.2, 0.25) is 0 Å². The Kier molecular flexibility index (Phi) is 3.46. The van der Waals surface area contributed by atoms with Crippen molar-refractivity contribution in [3.8, 4) is 5.75 Å². The Bertz CT molecular complexity index is 502. The van der Waals surface area contributed by atoms with Crippen LogP contribution in [0.3, 0.4) is 0 Å². The predicted octanol–water partition coefficient (Wildman–Crippen LogP) is 2.43. The van der Waals surface area contributed by atoms with E-state index in [0.29, 0.717) is 0 Å². The van der Waals surface area contributed by atoms with Gasteiger partial charge in [-0.15, -0.1) is 0 Å². The Morgan fingerprint density at radius 3 is 3.06 bits per heavy atom. The molecular formula is C14H19N3O. The van der Waals surface area contributed by atoms with Crippen LogP contribution in [0.4, 0.5) is 0 Å². The van der Waals surface area contributed by atoms with Crippen LogP contribution in [0.1, 0.15) is 19.3 Å². The number of nitrogens with one attached hydrogen (secondary N) is 1.